The number of aromatic nitrogens is 2. The molecule has 1 N–H and O–H groups in total. The highest BCUT2D eigenvalue weighted by Crippen LogP contribution is 2.35. The molecule has 0 spiro atoms. The Balaban J connectivity index is 2.43. The molecular formula is C15H19ClN2OS. The van der Waals surface area contributed by atoms with Crippen LogP contribution in [0.3, 0.4) is 0 Å². The van der Waals surface area contributed by atoms with Crippen LogP contribution in [0, 0.1) is 0 Å². The van der Waals surface area contributed by atoms with Gasteiger partial charge in [-0.2, -0.15) is 0 Å². The van der Waals surface area contributed by atoms with Crippen molar-refractivity contribution >= 4 is 23.4 Å². The maximum atomic E-state index is 9.47. The van der Waals surface area contributed by atoms with Gasteiger partial charge in [0, 0.05) is 16.5 Å². The van der Waals surface area contributed by atoms with E-state index in [0.29, 0.717) is 5.92 Å². The predicted molar refractivity (Wildman–Crippen MR) is 83.5 cm³/mol. The first-order chi connectivity index (χ1) is 9.56. The molecule has 2 aromatic rings. The van der Waals surface area contributed by atoms with Crippen molar-refractivity contribution in [1.29, 1.82) is 0 Å². The fraction of sp³-hybridized carbons (Fsp3) is 0.400. The van der Waals surface area contributed by atoms with Gasteiger partial charge >= 0.3 is 0 Å². The SMILES string of the molecule is CCn1c(CO)nc(Sc2cccc(Cl)c2)c1C(C)C. The first-order valence-electron chi connectivity index (χ1n) is 6.70. The molecule has 0 aliphatic rings. The Labute approximate surface area is 129 Å². The van der Waals surface area contributed by atoms with Gasteiger partial charge in [-0.05, 0) is 31.0 Å². The molecule has 0 radical (unpaired) electrons. The van der Waals surface area contributed by atoms with Gasteiger partial charge in [0.1, 0.15) is 17.5 Å². The van der Waals surface area contributed by atoms with Gasteiger partial charge in [-0.1, -0.05) is 43.3 Å². The predicted octanol–water partition coefficient (Wildman–Crippen LogP) is 4.32. The van der Waals surface area contributed by atoms with Crippen molar-refractivity contribution in [1.82, 2.24) is 9.55 Å². The molecule has 0 amide bonds. The van der Waals surface area contributed by atoms with Crippen molar-refractivity contribution < 1.29 is 5.11 Å². The Kier molecular flexibility index (Phi) is 5.13. The molecular weight excluding hydrogens is 292 g/mol. The summed E-state index contributed by atoms with van der Waals surface area (Å²) in [4.78, 5) is 5.64. The van der Waals surface area contributed by atoms with Crippen LogP contribution >= 0.6 is 23.4 Å². The maximum Gasteiger partial charge on any atom is 0.136 e. The smallest absolute Gasteiger partial charge is 0.136 e. The van der Waals surface area contributed by atoms with Gasteiger partial charge in [0.25, 0.3) is 0 Å². The van der Waals surface area contributed by atoms with Crippen LogP contribution in [0.25, 0.3) is 0 Å². The van der Waals surface area contributed by atoms with Gasteiger partial charge in [-0.25, -0.2) is 4.98 Å². The highest BCUT2D eigenvalue weighted by atomic mass is 35.5. The number of halogens is 1. The van der Waals surface area contributed by atoms with Crippen molar-refractivity contribution in [2.24, 2.45) is 0 Å². The van der Waals surface area contributed by atoms with Crippen LogP contribution in [0.1, 0.15) is 38.2 Å². The zero-order valence-corrected chi connectivity index (χ0v) is 13.5. The monoisotopic (exact) mass is 310 g/mol. The fourth-order valence-corrected chi connectivity index (χ4v) is 3.65. The average Bonchev–Trinajstić information content (AvgIpc) is 2.76. The van der Waals surface area contributed by atoms with Gasteiger partial charge in [-0.3, -0.25) is 0 Å². The molecule has 1 aromatic heterocycles. The van der Waals surface area contributed by atoms with E-state index in [0.717, 1.165) is 27.3 Å². The first kappa shape index (κ1) is 15.4. The van der Waals surface area contributed by atoms with Gasteiger partial charge in [0.05, 0.1) is 5.69 Å². The van der Waals surface area contributed by atoms with Crippen molar-refractivity contribution in [3.05, 3.63) is 40.8 Å². The maximum absolute atomic E-state index is 9.47. The normalized spacial score (nSPS) is 11.3. The van der Waals surface area contributed by atoms with Crippen molar-refractivity contribution in [2.75, 3.05) is 0 Å². The van der Waals surface area contributed by atoms with E-state index < -0.39 is 0 Å². The molecule has 20 heavy (non-hydrogen) atoms. The first-order valence-corrected chi connectivity index (χ1v) is 7.89. The largest absolute Gasteiger partial charge is 0.388 e. The summed E-state index contributed by atoms with van der Waals surface area (Å²) >= 11 is 7.62. The van der Waals surface area contributed by atoms with Crippen LogP contribution in [0.5, 0.6) is 0 Å². The molecule has 5 heteroatoms. The van der Waals surface area contributed by atoms with E-state index in [1.165, 1.54) is 5.69 Å². The molecule has 0 unspecified atom stereocenters. The lowest BCUT2D eigenvalue weighted by Gasteiger charge is -2.12. The van der Waals surface area contributed by atoms with Crippen molar-refractivity contribution in [3.8, 4) is 0 Å². The number of nitrogens with zero attached hydrogens (tertiary/aromatic N) is 2. The Morgan fingerprint density at radius 1 is 1.40 bits per heavy atom. The third kappa shape index (κ3) is 3.19. The van der Waals surface area contributed by atoms with Crippen LogP contribution in [-0.4, -0.2) is 14.7 Å². The lowest BCUT2D eigenvalue weighted by atomic mass is 10.1. The zero-order chi connectivity index (χ0) is 14.7. The molecule has 0 saturated carbocycles. The van der Waals surface area contributed by atoms with Crippen LogP contribution < -0.4 is 0 Å². The Bertz CT molecular complexity index is 596. The third-order valence-corrected chi connectivity index (χ3v) is 4.29. The summed E-state index contributed by atoms with van der Waals surface area (Å²) in [6.07, 6.45) is 0. The Morgan fingerprint density at radius 2 is 2.15 bits per heavy atom. The topological polar surface area (TPSA) is 38.0 Å². The van der Waals surface area contributed by atoms with Gasteiger partial charge < -0.3 is 9.67 Å². The van der Waals surface area contributed by atoms with Crippen molar-refractivity contribution in [2.45, 2.75) is 49.8 Å². The third-order valence-electron chi connectivity index (χ3n) is 3.07. The number of aliphatic hydroxyl groups is 1. The van der Waals surface area contributed by atoms with Gasteiger partial charge in [0.15, 0.2) is 0 Å². The summed E-state index contributed by atoms with van der Waals surface area (Å²) in [5.41, 5.74) is 1.17. The number of hydrogen-bond donors (Lipinski definition) is 1. The number of rotatable bonds is 5. The van der Waals surface area contributed by atoms with E-state index in [2.05, 4.69) is 30.3 Å². The Hall–Kier alpha value is -0.970. The molecule has 0 atom stereocenters. The second-order valence-electron chi connectivity index (χ2n) is 4.83. The summed E-state index contributed by atoms with van der Waals surface area (Å²) in [6.45, 7) is 7.13. The highest BCUT2D eigenvalue weighted by molar-refractivity contribution is 7.99. The standard InChI is InChI=1S/C15H19ClN2OS/c1-4-18-13(9-19)17-15(14(18)10(2)3)20-12-7-5-6-11(16)8-12/h5-8,10,19H,4,9H2,1-3H3. The molecule has 1 heterocycles. The molecule has 0 aliphatic carbocycles. The van der Waals surface area contributed by atoms with E-state index in [9.17, 15) is 5.11 Å². The quantitative estimate of drug-likeness (QED) is 0.893. The van der Waals surface area contributed by atoms with E-state index in [1.54, 1.807) is 11.8 Å². The van der Waals surface area contributed by atoms with E-state index in [1.807, 2.05) is 24.3 Å². The zero-order valence-electron chi connectivity index (χ0n) is 11.9. The number of benzene rings is 1. The molecule has 2 rings (SSSR count). The number of aliphatic hydroxyl groups excluding tert-OH is 1. The molecule has 0 bridgehead atoms. The second-order valence-corrected chi connectivity index (χ2v) is 6.33. The Morgan fingerprint density at radius 3 is 2.70 bits per heavy atom. The van der Waals surface area contributed by atoms with Crippen LogP contribution in [0.15, 0.2) is 34.2 Å². The molecule has 0 aliphatic heterocycles. The van der Waals surface area contributed by atoms with Crippen LogP contribution in [0.4, 0.5) is 0 Å². The summed E-state index contributed by atoms with van der Waals surface area (Å²) in [5, 5.41) is 11.1. The van der Waals surface area contributed by atoms with E-state index in [-0.39, 0.29) is 6.61 Å². The second kappa shape index (κ2) is 6.66. The minimum absolute atomic E-state index is 0.0380. The van der Waals surface area contributed by atoms with Crippen LogP contribution in [0.2, 0.25) is 5.02 Å². The summed E-state index contributed by atoms with van der Waals surface area (Å²) in [6, 6.07) is 7.74. The fourth-order valence-electron chi connectivity index (χ4n) is 2.24. The van der Waals surface area contributed by atoms with Crippen LogP contribution in [-0.2, 0) is 13.2 Å². The summed E-state index contributed by atoms with van der Waals surface area (Å²) < 4.78 is 2.09. The lowest BCUT2D eigenvalue weighted by Crippen LogP contribution is -2.07. The molecule has 108 valence electrons. The number of imidazole rings is 1. The minimum Gasteiger partial charge on any atom is -0.388 e. The highest BCUT2D eigenvalue weighted by Gasteiger charge is 2.19. The van der Waals surface area contributed by atoms with E-state index >= 15 is 0 Å². The molecule has 0 fully saturated rings. The number of hydrogen-bond acceptors (Lipinski definition) is 3. The van der Waals surface area contributed by atoms with Gasteiger partial charge in [0.2, 0.25) is 0 Å². The van der Waals surface area contributed by atoms with Gasteiger partial charge in [-0.15, -0.1) is 0 Å². The average molecular weight is 311 g/mol. The summed E-state index contributed by atoms with van der Waals surface area (Å²) in [7, 11) is 0. The van der Waals surface area contributed by atoms with E-state index in [4.69, 9.17) is 11.6 Å². The minimum atomic E-state index is -0.0380. The molecule has 1 aromatic carbocycles. The van der Waals surface area contributed by atoms with Crippen molar-refractivity contribution in [3.63, 3.8) is 0 Å². The molecule has 0 saturated heterocycles. The lowest BCUT2D eigenvalue weighted by molar-refractivity contribution is 0.264. The molecule has 3 nitrogen and oxygen atoms in total. The summed E-state index contributed by atoms with van der Waals surface area (Å²) in [5.74, 6) is 1.07.